The van der Waals surface area contributed by atoms with Crippen LogP contribution in [0, 0.1) is 139 Å². The minimum absolute atomic E-state index is 0.197. The van der Waals surface area contributed by atoms with Crippen molar-refractivity contribution in [3.8, 4) is 0 Å². The molecule has 32 aliphatic rings. The second-order valence-corrected chi connectivity index (χ2v) is 56.8. The van der Waals surface area contributed by atoms with Crippen LogP contribution in [0.3, 0.4) is 0 Å². The van der Waals surface area contributed by atoms with Crippen LogP contribution in [0.5, 0.6) is 0 Å². The third kappa shape index (κ3) is 15.2. The highest BCUT2D eigenvalue weighted by Gasteiger charge is 2.63. The third-order valence-corrected chi connectivity index (χ3v) is 40.6. The SMILES string of the molecule is BrC12CC3CC(C1)CC(Br)(C3)C2.BrC12CC3CC(CC(C3)C1)C2.BrC1C2CC3CC(C2)CC1C3.CC12CC3CC(C)(C1)CC(Br)(C3)C2.CC12CC3CC(C)(C1)CC(Br)(C3)C2.CC12CC3CC(C)(C1)CC(Cl)(C3)C2.ClC12CC3CC(CC(C3)C1)C2.FC12CC3CC(CC(C3)C1)C2. The van der Waals surface area contributed by atoms with Crippen LogP contribution in [-0.2, 0) is 0 Å². The topological polar surface area (TPSA) is 0 Å². The van der Waals surface area contributed by atoms with Gasteiger partial charge in [0.1, 0.15) is 5.67 Å². The minimum atomic E-state index is -0.700. The van der Waals surface area contributed by atoms with Crippen molar-refractivity contribution in [2.75, 3.05) is 0 Å². The molecule has 6 unspecified atom stereocenters. The van der Waals surface area contributed by atoms with Crippen molar-refractivity contribution in [3.63, 3.8) is 0 Å². The van der Waals surface area contributed by atoms with E-state index >= 15 is 0 Å². The Morgan fingerprint density at radius 1 is 0.232 bits per heavy atom. The Morgan fingerprint density at radius 2 is 0.474 bits per heavy atom. The molecule has 0 aliphatic heterocycles. The lowest BCUT2D eigenvalue weighted by Crippen LogP contribution is -2.55. The molecule has 9 heteroatoms. The molecule has 0 spiro atoms. The van der Waals surface area contributed by atoms with Gasteiger partial charge in [-0.25, -0.2) is 4.39 Å². The number of hydrogen-bond donors (Lipinski definition) is 0. The molecule has 6 atom stereocenters. The van der Waals surface area contributed by atoms with Gasteiger partial charge in [0.2, 0.25) is 0 Å². The van der Waals surface area contributed by atoms with E-state index in [2.05, 4.69) is 137 Å². The second kappa shape index (κ2) is 24.7. The molecule has 32 fully saturated rings. The summed E-state index contributed by atoms with van der Waals surface area (Å²) in [5.41, 5.74) is 3.20. The number of halogens is 9. The van der Waals surface area contributed by atoms with Crippen molar-refractivity contribution in [3.05, 3.63) is 0 Å². The Morgan fingerprint density at radius 3 is 0.726 bits per heavy atom. The predicted molar refractivity (Wildman–Crippen MR) is 420 cm³/mol. The van der Waals surface area contributed by atoms with Crippen LogP contribution < -0.4 is 0 Å². The minimum Gasteiger partial charge on any atom is -0.244 e. The fourth-order valence-electron chi connectivity index (χ4n) is 35.8. The standard InChI is InChI=1S/2C12H19Br.C12H19Cl.C10H14Br2.2C10H15Br.C10H15Cl.C10H15F/c3*1-10-3-9-4-11(2,6-10)8-12(13,5-9)7-10;11-9-2-7-1-8(4-9)5-10(12,3-7)6-9;11-10-4-7-1-8(5-10)3-9(2-7)6-10;11-10-8-2-6-1-7(4-8)5-9(10)3-6;2*11-10-4-7-1-8(5-10)3-9(2-7)6-10/h3*9H,3-8H2,1-2H3;7-8H,1-6H2;7-9H,1-6H2;6-10H,1-5H2;2*7-9H,1-6H2. The molecule has 0 aromatic rings. The van der Waals surface area contributed by atoms with Gasteiger partial charge < -0.3 is 0 Å². The van der Waals surface area contributed by atoms with Crippen molar-refractivity contribution in [2.24, 2.45) is 139 Å². The van der Waals surface area contributed by atoms with Gasteiger partial charge >= 0.3 is 0 Å². The Bertz CT molecular complexity index is 2320. The monoisotopic (exact) mass is 1730 g/mol. The van der Waals surface area contributed by atoms with E-state index < -0.39 is 5.67 Å². The molecular formula is C86H131Br6Cl2F. The van der Waals surface area contributed by atoms with Crippen molar-refractivity contribution < 1.29 is 4.39 Å². The molecule has 0 heterocycles. The van der Waals surface area contributed by atoms with Gasteiger partial charge in [-0.1, -0.05) is 137 Å². The summed E-state index contributed by atoms with van der Waals surface area (Å²) in [7, 11) is 0. The highest BCUT2D eigenvalue weighted by molar-refractivity contribution is 9.11. The summed E-state index contributed by atoms with van der Waals surface area (Å²) in [6.45, 7) is 15.0. The van der Waals surface area contributed by atoms with Gasteiger partial charge in [0.25, 0.3) is 0 Å². The highest BCUT2D eigenvalue weighted by atomic mass is 79.9. The summed E-state index contributed by atoms with van der Waals surface area (Å²) in [5.74, 6) is 18.1. The normalized spacial score (nSPS) is 62.2. The van der Waals surface area contributed by atoms with Gasteiger partial charge in [-0.15, -0.1) is 23.2 Å². The van der Waals surface area contributed by atoms with Crippen LogP contribution in [-0.4, -0.2) is 41.9 Å². The second-order valence-electron chi connectivity index (χ2n) is 45.7. The fraction of sp³-hybridized carbons (Fsp3) is 1.00. The third-order valence-electron chi connectivity index (χ3n) is 33.6. The molecule has 0 nitrogen and oxygen atoms in total. The van der Waals surface area contributed by atoms with Crippen molar-refractivity contribution >= 4 is 119 Å². The van der Waals surface area contributed by atoms with E-state index in [9.17, 15) is 4.39 Å². The Labute approximate surface area is 641 Å². The van der Waals surface area contributed by atoms with Crippen LogP contribution >= 0.6 is 119 Å². The zero-order valence-corrected chi connectivity index (χ0v) is 71.6. The van der Waals surface area contributed by atoms with Crippen LogP contribution in [0.4, 0.5) is 4.39 Å². The predicted octanol–water partition coefficient (Wildman–Crippen LogP) is 28.8. The summed E-state index contributed by atoms with van der Waals surface area (Å²) < 4.78 is 16.6. The summed E-state index contributed by atoms with van der Waals surface area (Å²) in [5, 5.41) is 0. The Hall–Kier alpha value is 3.39. The first kappa shape index (κ1) is 71.3. The summed E-state index contributed by atoms with van der Waals surface area (Å²) in [4.78, 5) is 1.37. The van der Waals surface area contributed by atoms with Crippen LogP contribution in [0.1, 0.15) is 343 Å². The van der Waals surface area contributed by atoms with E-state index in [1.165, 1.54) is 231 Å². The maximum Gasteiger partial charge on any atom is 0.111 e. The molecule has 32 rings (SSSR count). The molecule has 95 heavy (non-hydrogen) atoms. The molecule has 0 aromatic carbocycles. The molecule has 0 amide bonds. The molecule has 538 valence electrons. The summed E-state index contributed by atoms with van der Waals surface area (Å²) in [6, 6.07) is 0. The first-order chi connectivity index (χ1) is 44.3. The molecule has 0 aromatic heterocycles. The van der Waals surface area contributed by atoms with Gasteiger partial charge in [0, 0.05) is 36.2 Å². The van der Waals surface area contributed by atoms with Gasteiger partial charge in [-0.3, -0.25) is 0 Å². The maximum absolute atomic E-state index is 13.9. The van der Waals surface area contributed by atoms with Crippen LogP contribution in [0.15, 0.2) is 0 Å². The molecule has 32 aliphatic carbocycles. The zero-order valence-electron chi connectivity index (χ0n) is 60.6. The van der Waals surface area contributed by atoms with E-state index in [1.807, 2.05) is 0 Å². The van der Waals surface area contributed by atoms with Gasteiger partial charge in [0.15, 0.2) is 0 Å². The quantitative estimate of drug-likeness (QED) is 0.212. The van der Waals surface area contributed by atoms with E-state index in [1.54, 1.807) is 51.4 Å². The van der Waals surface area contributed by atoms with E-state index in [0.29, 0.717) is 54.1 Å². The van der Waals surface area contributed by atoms with Crippen molar-refractivity contribution in [2.45, 2.75) is 385 Å². The Kier molecular flexibility index (Phi) is 18.5. The average Bonchev–Trinajstić information content (AvgIpc) is 0.726. The first-order valence-corrected chi connectivity index (χ1v) is 47.1. The van der Waals surface area contributed by atoms with Crippen molar-refractivity contribution in [1.29, 1.82) is 0 Å². The first-order valence-electron chi connectivity index (χ1n) is 41.5. The lowest BCUT2D eigenvalue weighted by Gasteiger charge is -2.63. The Balaban J connectivity index is 0.0000000824. The molecular weight excluding hydrogens is 1600 g/mol. The number of rotatable bonds is 0. The summed E-state index contributed by atoms with van der Waals surface area (Å²) in [6.07, 6.45) is 66.7. The fourth-order valence-corrected chi connectivity index (χ4v) is 46.5. The summed E-state index contributed by atoms with van der Waals surface area (Å²) >= 11 is 37.1. The lowest BCUT2D eigenvalue weighted by atomic mass is 9.45. The van der Waals surface area contributed by atoms with Gasteiger partial charge in [-0.05, 0) is 441 Å². The van der Waals surface area contributed by atoms with E-state index in [0.717, 1.165) is 131 Å². The lowest BCUT2D eigenvalue weighted by molar-refractivity contribution is -0.0803. The molecule has 0 radical (unpaired) electrons. The molecule has 32 bridgehead atoms. The van der Waals surface area contributed by atoms with Gasteiger partial charge in [0.05, 0.1) is 0 Å². The van der Waals surface area contributed by atoms with E-state index in [-0.39, 0.29) is 9.75 Å². The zero-order chi connectivity index (χ0) is 66.2. The largest absolute Gasteiger partial charge is 0.244 e. The molecule has 0 saturated heterocycles. The van der Waals surface area contributed by atoms with E-state index in [4.69, 9.17) is 23.2 Å². The smallest absolute Gasteiger partial charge is 0.111 e. The van der Waals surface area contributed by atoms with Crippen molar-refractivity contribution in [1.82, 2.24) is 0 Å². The molecule has 0 N–H and O–H groups in total. The number of hydrogen-bond acceptors (Lipinski definition) is 0. The number of alkyl halides is 9. The van der Waals surface area contributed by atoms with Gasteiger partial charge in [-0.2, -0.15) is 0 Å². The molecule has 32 saturated carbocycles. The average molecular weight is 1730 g/mol. The maximum atomic E-state index is 13.9. The van der Waals surface area contributed by atoms with Crippen LogP contribution in [0.25, 0.3) is 0 Å². The van der Waals surface area contributed by atoms with Crippen LogP contribution in [0.2, 0.25) is 0 Å². The highest BCUT2D eigenvalue weighted by Crippen LogP contribution is 2.72.